The summed E-state index contributed by atoms with van der Waals surface area (Å²) in [7, 11) is 0. The molecular formula is C25H27N3O2. The minimum absolute atomic E-state index is 0.0845. The number of carbonyl (C=O) groups excluding carboxylic acids is 2. The third-order valence-electron chi connectivity index (χ3n) is 5.21. The zero-order chi connectivity index (χ0) is 21.5. The Morgan fingerprint density at radius 1 is 0.767 bits per heavy atom. The Labute approximate surface area is 177 Å². The van der Waals surface area contributed by atoms with E-state index in [1.807, 2.05) is 66.7 Å². The number of rotatable bonds is 7. The second-order valence-electron chi connectivity index (χ2n) is 7.43. The van der Waals surface area contributed by atoms with Crippen LogP contribution in [0.4, 0.5) is 4.79 Å². The largest absolute Gasteiger partial charge is 0.352 e. The lowest BCUT2D eigenvalue weighted by Gasteiger charge is -2.23. The summed E-state index contributed by atoms with van der Waals surface area (Å²) in [5.41, 5.74) is 10.5. The van der Waals surface area contributed by atoms with Crippen molar-refractivity contribution in [3.63, 3.8) is 0 Å². The molecule has 2 atom stereocenters. The van der Waals surface area contributed by atoms with Crippen LogP contribution in [0.5, 0.6) is 0 Å². The second kappa shape index (κ2) is 9.74. The van der Waals surface area contributed by atoms with Gasteiger partial charge in [-0.05, 0) is 41.7 Å². The van der Waals surface area contributed by atoms with E-state index in [1.54, 1.807) is 0 Å². The Morgan fingerprint density at radius 3 is 1.93 bits per heavy atom. The Balaban J connectivity index is 1.85. The van der Waals surface area contributed by atoms with Crippen molar-refractivity contribution in [3.05, 3.63) is 107 Å². The Hall–Kier alpha value is -3.60. The molecule has 0 aliphatic rings. The van der Waals surface area contributed by atoms with Gasteiger partial charge in [0.15, 0.2) is 0 Å². The number of urea groups is 1. The fourth-order valence-corrected chi connectivity index (χ4v) is 3.46. The number of carbonyl (C=O) groups is 2. The average Bonchev–Trinajstić information content (AvgIpc) is 2.74. The van der Waals surface area contributed by atoms with Gasteiger partial charge < -0.3 is 16.4 Å². The molecule has 5 nitrogen and oxygen atoms in total. The first-order chi connectivity index (χ1) is 14.4. The minimum Gasteiger partial charge on any atom is -0.352 e. The number of benzene rings is 3. The van der Waals surface area contributed by atoms with Crippen molar-refractivity contribution in [3.8, 4) is 0 Å². The van der Waals surface area contributed by atoms with Gasteiger partial charge in [-0.1, -0.05) is 78.9 Å². The molecular weight excluding hydrogens is 374 g/mol. The summed E-state index contributed by atoms with van der Waals surface area (Å²) < 4.78 is 0. The molecule has 154 valence electrons. The van der Waals surface area contributed by atoms with Crippen molar-refractivity contribution in [1.29, 1.82) is 0 Å². The Bertz CT molecular complexity index is 1000. The molecule has 0 fully saturated rings. The maximum absolute atomic E-state index is 13.0. The lowest BCUT2D eigenvalue weighted by atomic mass is 9.95. The van der Waals surface area contributed by atoms with E-state index in [0.717, 1.165) is 16.7 Å². The normalized spacial score (nSPS) is 12.6. The van der Waals surface area contributed by atoms with Gasteiger partial charge in [-0.25, -0.2) is 4.79 Å². The van der Waals surface area contributed by atoms with Crippen LogP contribution >= 0.6 is 0 Å². The van der Waals surface area contributed by atoms with Crippen LogP contribution in [0.25, 0.3) is 0 Å². The predicted octanol–water partition coefficient (Wildman–Crippen LogP) is 4.31. The number of aryl methyl sites for hydroxylation is 2. The third kappa shape index (κ3) is 5.47. The van der Waals surface area contributed by atoms with Crippen molar-refractivity contribution in [2.24, 2.45) is 5.73 Å². The topological polar surface area (TPSA) is 84.2 Å². The van der Waals surface area contributed by atoms with E-state index in [0.29, 0.717) is 0 Å². The zero-order valence-electron chi connectivity index (χ0n) is 17.3. The van der Waals surface area contributed by atoms with Gasteiger partial charge in [-0.3, -0.25) is 4.79 Å². The highest BCUT2D eigenvalue weighted by Crippen LogP contribution is 2.25. The van der Waals surface area contributed by atoms with Gasteiger partial charge >= 0.3 is 6.03 Å². The number of primary amides is 1. The molecule has 0 radical (unpaired) electrons. The monoisotopic (exact) mass is 401 g/mol. The summed E-state index contributed by atoms with van der Waals surface area (Å²) in [6, 6.07) is 24.0. The van der Waals surface area contributed by atoms with Crippen LogP contribution in [-0.4, -0.2) is 11.9 Å². The number of nitrogens with two attached hydrogens (primary N) is 1. The first kappa shape index (κ1) is 21.1. The van der Waals surface area contributed by atoms with Gasteiger partial charge in [0.25, 0.3) is 0 Å². The Kier molecular flexibility index (Phi) is 6.86. The molecule has 3 amide bonds. The lowest BCUT2D eigenvalue weighted by molar-refractivity contribution is -0.122. The van der Waals surface area contributed by atoms with Crippen molar-refractivity contribution in [2.45, 2.75) is 32.4 Å². The van der Waals surface area contributed by atoms with Crippen molar-refractivity contribution < 1.29 is 9.59 Å². The van der Waals surface area contributed by atoms with Gasteiger partial charge in [-0.2, -0.15) is 0 Å². The molecule has 5 heteroatoms. The fraction of sp³-hybridized carbons (Fsp3) is 0.200. The van der Waals surface area contributed by atoms with E-state index in [1.165, 1.54) is 11.1 Å². The maximum atomic E-state index is 13.0. The molecule has 0 aliphatic heterocycles. The molecule has 0 saturated carbocycles. The highest BCUT2D eigenvalue weighted by atomic mass is 16.2. The zero-order valence-corrected chi connectivity index (χ0v) is 17.3. The number of hydrogen-bond donors (Lipinski definition) is 3. The molecule has 3 aromatic rings. The van der Waals surface area contributed by atoms with Crippen LogP contribution in [0.1, 0.15) is 46.3 Å². The first-order valence-corrected chi connectivity index (χ1v) is 9.96. The average molecular weight is 402 g/mol. The van der Waals surface area contributed by atoms with Crippen LogP contribution in [0.15, 0.2) is 78.9 Å². The fourth-order valence-electron chi connectivity index (χ4n) is 3.46. The summed E-state index contributed by atoms with van der Waals surface area (Å²) in [5, 5.41) is 5.81. The van der Waals surface area contributed by atoms with Crippen LogP contribution in [0, 0.1) is 13.8 Å². The molecule has 0 unspecified atom stereocenters. The van der Waals surface area contributed by atoms with Gasteiger partial charge in [0.2, 0.25) is 5.91 Å². The summed E-state index contributed by atoms with van der Waals surface area (Å²) in [4.78, 5) is 24.5. The molecule has 0 bridgehead atoms. The van der Waals surface area contributed by atoms with Gasteiger partial charge in [-0.15, -0.1) is 0 Å². The molecule has 0 aliphatic carbocycles. The highest BCUT2D eigenvalue weighted by molar-refractivity contribution is 5.79. The molecule has 0 aromatic heterocycles. The van der Waals surface area contributed by atoms with E-state index in [4.69, 9.17) is 5.73 Å². The summed E-state index contributed by atoms with van der Waals surface area (Å²) >= 11 is 0. The Morgan fingerprint density at radius 2 is 1.37 bits per heavy atom. The summed E-state index contributed by atoms with van der Waals surface area (Å²) in [6.45, 7) is 4.13. The second-order valence-corrected chi connectivity index (χ2v) is 7.43. The SMILES string of the molecule is Cc1ccc([C@@H](NC(=O)C[C@H](NC(N)=O)c2ccccc2)c2ccccc2)cc1C. The first-order valence-electron chi connectivity index (χ1n) is 9.96. The van der Waals surface area contributed by atoms with Crippen LogP contribution in [0.2, 0.25) is 0 Å². The standard InChI is InChI=1S/C25H27N3O2/c1-17-13-14-21(15-18(17)2)24(20-11-7-4-8-12-20)28-23(29)16-22(27-25(26)30)19-9-5-3-6-10-19/h3-15,22,24H,16H2,1-2H3,(H,28,29)(H3,26,27,30)/t22-,24-/m0/s1. The van der Waals surface area contributed by atoms with E-state index >= 15 is 0 Å². The van der Waals surface area contributed by atoms with Crippen LogP contribution in [-0.2, 0) is 4.79 Å². The molecule has 4 N–H and O–H groups in total. The van der Waals surface area contributed by atoms with Crippen molar-refractivity contribution in [2.75, 3.05) is 0 Å². The quantitative estimate of drug-likeness (QED) is 0.551. The van der Waals surface area contributed by atoms with Gasteiger partial charge in [0.1, 0.15) is 0 Å². The molecule has 0 heterocycles. The summed E-state index contributed by atoms with van der Waals surface area (Å²) in [6.07, 6.45) is 0.0845. The number of amides is 3. The van der Waals surface area contributed by atoms with Gasteiger partial charge in [0.05, 0.1) is 18.5 Å². The molecule has 3 rings (SSSR count). The lowest BCUT2D eigenvalue weighted by Crippen LogP contribution is -2.37. The third-order valence-corrected chi connectivity index (χ3v) is 5.21. The van der Waals surface area contributed by atoms with E-state index < -0.39 is 12.1 Å². The highest BCUT2D eigenvalue weighted by Gasteiger charge is 2.22. The van der Waals surface area contributed by atoms with E-state index in [9.17, 15) is 9.59 Å². The van der Waals surface area contributed by atoms with Crippen LogP contribution in [0.3, 0.4) is 0 Å². The van der Waals surface area contributed by atoms with E-state index in [2.05, 4.69) is 36.6 Å². The van der Waals surface area contributed by atoms with Gasteiger partial charge in [0, 0.05) is 0 Å². The molecule has 3 aromatic carbocycles. The number of nitrogens with one attached hydrogen (secondary N) is 2. The van der Waals surface area contributed by atoms with Crippen LogP contribution < -0.4 is 16.4 Å². The minimum atomic E-state index is -0.662. The molecule has 0 saturated heterocycles. The summed E-state index contributed by atoms with van der Waals surface area (Å²) in [5.74, 6) is -0.176. The molecule has 0 spiro atoms. The number of hydrogen-bond acceptors (Lipinski definition) is 2. The van der Waals surface area contributed by atoms with Crippen molar-refractivity contribution in [1.82, 2.24) is 10.6 Å². The van der Waals surface area contributed by atoms with Crippen molar-refractivity contribution >= 4 is 11.9 Å². The smallest absolute Gasteiger partial charge is 0.312 e. The predicted molar refractivity (Wildman–Crippen MR) is 119 cm³/mol. The maximum Gasteiger partial charge on any atom is 0.312 e. The van der Waals surface area contributed by atoms with E-state index in [-0.39, 0.29) is 18.4 Å². The molecule has 30 heavy (non-hydrogen) atoms.